The number of imidazole rings is 1. The van der Waals surface area contributed by atoms with Crippen LogP contribution >= 0.6 is 0 Å². The van der Waals surface area contributed by atoms with Crippen LogP contribution in [-0.4, -0.2) is 28.6 Å². The Balaban J connectivity index is 1.62. The maximum Gasteiger partial charge on any atom is 0.107 e. The van der Waals surface area contributed by atoms with Crippen molar-refractivity contribution in [2.24, 2.45) is 5.73 Å². The number of aromatic nitrogens is 2. The second kappa shape index (κ2) is 5.28. The van der Waals surface area contributed by atoms with Gasteiger partial charge in [0.15, 0.2) is 0 Å². The molecule has 0 radical (unpaired) electrons. The molecule has 0 atom stereocenters. The zero-order valence-electron chi connectivity index (χ0n) is 9.08. The van der Waals surface area contributed by atoms with Gasteiger partial charge < -0.3 is 16.0 Å². The highest BCUT2D eigenvalue weighted by molar-refractivity contribution is 4.88. The molecular weight excluding hydrogens is 188 g/mol. The molecule has 0 bridgehead atoms. The predicted molar refractivity (Wildman–Crippen MR) is 60.5 cm³/mol. The lowest BCUT2D eigenvalue weighted by Gasteiger charge is -2.26. The Kier molecular flexibility index (Phi) is 3.75. The number of rotatable bonds is 4. The molecule has 1 aromatic heterocycles. The molecule has 1 aliphatic carbocycles. The van der Waals surface area contributed by atoms with Crippen LogP contribution in [0.2, 0.25) is 0 Å². The molecule has 2 rings (SSSR count). The average Bonchev–Trinajstić information content (AvgIpc) is 2.74. The molecule has 1 fully saturated rings. The van der Waals surface area contributed by atoms with Crippen LogP contribution < -0.4 is 11.1 Å². The molecule has 1 aliphatic rings. The number of nitrogens with one attached hydrogen (secondary N) is 2. The van der Waals surface area contributed by atoms with Crippen molar-refractivity contribution >= 4 is 0 Å². The molecule has 4 nitrogen and oxygen atoms in total. The minimum atomic E-state index is 0.438. The summed E-state index contributed by atoms with van der Waals surface area (Å²) in [5.41, 5.74) is 5.86. The first kappa shape index (κ1) is 10.6. The highest BCUT2D eigenvalue weighted by atomic mass is 14.9. The molecule has 15 heavy (non-hydrogen) atoms. The highest BCUT2D eigenvalue weighted by Crippen LogP contribution is 2.16. The molecule has 4 N–H and O–H groups in total. The quantitative estimate of drug-likeness (QED) is 0.686. The third-order valence-electron chi connectivity index (χ3n) is 3.12. The van der Waals surface area contributed by atoms with E-state index in [4.69, 9.17) is 5.73 Å². The standard InChI is InChI=1S/C11H20N4/c12-9-1-3-10(4-2-9)13-6-5-11-14-7-8-15-11/h7-10,13H,1-6,12H2,(H,14,15). The van der Waals surface area contributed by atoms with Gasteiger partial charge in [-0.1, -0.05) is 0 Å². The zero-order valence-corrected chi connectivity index (χ0v) is 9.08. The van der Waals surface area contributed by atoms with Crippen molar-refractivity contribution in [1.82, 2.24) is 15.3 Å². The summed E-state index contributed by atoms with van der Waals surface area (Å²) in [5, 5.41) is 3.56. The minimum Gasteiger partial charge on any atom is -0.349 e. The van der Waals surface area contributed by atoms with Crippen LogP contribution in [0.1, 0.15) is 31.5 Å². The fourth-order valence-electron chi connectivity index (χ4n) is 2.15. The molecule has 4 heteroatoms. The molecule has 0 unspecified atom stereocenters. The van der Waals surface area contributed by atoms with Crippen LogP contribution in [0.25, 0.3) is 0 Å². The van der Waals surface area contributed by atoms with E-state index in [1.54, 1.807) is 6.20 Å². The second-order valence-corrected chi connectivity index (χ2v) is 4.35. The van der Waals surface area contributed by atoms with Crippen molar-refractivity contribution in [3.63, 3.8) is 0 Å². The molecule has 0 amide bonds. The van der Waals surface area contributed by atoms with Crippen LogP contribution in [0, 0.1) is 0 Å². The van der Waals surface area contributed by atoms with Gasteiger partial charge in [-0.2, -0.15) is 0 Å². The number of H-pyrrole nitrogens is 1. The lowest BCUT2D eigenvalue weighted by molar-refractivity contribution is 0.344. The summed E-state index contributed by atoms with van der Waals surface area (Å²) in [6.45, 7) is 1.01. The third kappa shape index (κ3) is 3.32. The van der Waals surface area contributed by atoms with Gasteiger partial charge in [-0.05, 0) is 25.7 Å². The van der Waals surface area contributed by atoms with E-state index in [-0.39, 0.29) is 0 Å². The van der Waals surface area contributed by atoms with E-state index in [1.165, 1.54) is 25.7 Å². The number of hydrogen-bond donors (Lipinski definition) is 3. The van der Waals surface area contributed by atoms with E-state index in [2.05, 4.69) is 15.3 Å². The number of hydrogen-bond acceptors (Lipinski definition) is 3. The van der Waals surface area contributed by atoms with E-state index in [9.17, 15) is 0 Å². The Hall–Kier alpha value is -0.870. The predicted octanol–water partition coefficient (Wildman–Crippen LogP) is 0.812. The monoisotopic (exact) mass is 208 g/mol. The van der Waals surface area contributed by atoms with Gasteiger partial charge >= 0.3 is 0 Å². The van der Waals surface area contributed by atoms with Gasteiger partial charge in [-0.3, -0.25) is 0 Å². The molecule has 0 aliphatic heterocycles. The summed E-state index contributed by atoms with van der Waals surface area (Å²) in [4.78, 5) is 7.31. The summed E-state index contributed by atoms with van der Waals surface area (Å²) in [6.07, 6.45) is 9.43. The van der Waals surface area contributed by atoms with Crippen molar-refractivity contribution in [3.8, 4) is 0 Å². The van der Waals surface area contributed by atoms with Crippen LogP contribution in [0.5, 0.6) is 0 Å². The Morgan fingerprint density at radius 3 is 2.87 bits per heavy atom. The summed E-state index contributed by atoms with van der Waals surface area (Å²) in [7, 11) is 0. The van der Waals surface area contributed by atoms with Crippen molar-refractivity contribution in [2.75, 3.05) is 6.54 Å². The maximum absolute atomic E-state index is 5.86. The number of nitrogens with two attached hydrogens (primary N) is 1. The van der Waals surface area contributed by atoms with Crippen LogP contribution in [0.4, 0.5) is 0 Å². The van der Waals surface area contributed by atoms with Gasteiger partial charge in [-0.15, -0.1) is 0 Å². The number of nitrogens with zero attached hydrogens (tertiary/aromatic N) is 1. The van der Waals surface area contributed by atoms with Gasteiger partial charge in [0.25, 0.3) is 0 Å². The summed E-state index contributed by atoms with van der Waals surface area (Å²) >= 11 is 0. The fourth-order valence-corrected chi connectivity index (χ4v) is 2.15. The average molecular weight is 208 g/mol. The van der Waals surface area contributed by atoms with E-state index < -0.39 is 0 Å². The Morgan fingerprint density at radius 1 is 1.40 bits per heavy atom. The molecule has 1 saturated carbocycles. The zero-order chi connectivity index (χ0) is 10.5. The maximum atomic E-state index is 5.86. The SMILES string of the molecule is NC1CCC(NCCc2ncc[nH]2)CC1. The van der Waals surface area contributed by atoms with E-state index in [0.717, 1.165) is 18.8 Å². The second-order valence-electron chi connectivity index (χ2n) is 4.35. The van der Waals surface area contributed by atoms with E-state index >= 15 is 0 Å². The number of aromatic amines is 1. The fraction of sp³-hybridized carbons (Fsp3) is 0.727. The van der Waals surface area contributed by atoms with Crippen LogP contribution in [0.3, 0.4) is 0 Å². The molecule has 1 heterocycles. The largest absolute Gasteiger partial charge is 0.349 e. The molecule has 1 aromatic rings. The molecular formula is C11H20N4. The Morgan fingerprint density at radius 2 is 2.20 bits per heavy atom. The lowest BCUT2D eigenvalue weighted by Crippen LogP contribution is -2.38. The molecule has 0 spiro atoms. The van der Waals surface area contributed by atoms with Gasteiger partial charge in [0.05, 0.1) is 0 Å². The minimum absolute atomic E-state index is 0.438. The topological polar surface area (TPSA) is 66.7 Å². The van der Waals surface area contributed by atoms with Crippen LogP contribution in [0.15, 0.2) is 12.4 Å². The van der Waals surface area contributed by atoms with Gasteiger partial charge in [0.1, 0.15) is 5.82 Å². The van der Waals surface area contributed by atoms with Gasteiger partial charge in [0, 0.05) is 37.4 Å². The first-order chi connectivity index (χ1) is 7.34. The van der Waals surface area contributed by atoms with Crippen molar-refractivity contribution < 1.29 is 0 Å². The summed E-state index contributed by atoms with van der Waals surface area (Å²) in [5.74, 6) is 1.06. The molecule has 0 aromatic carbocycles. The third-order valence-corrected chi connectivity index (χ3v) is 3.12. The first-order valence-electron chi connectivity index (χ1n) is 5.82. The van der Waals surface area contributed by atoms with Crippen LogP contribution in [-0.2, 0) is 6.42 Å². The summed E-state index contributed by atoms with van der Waals surface area (Å²) < 4.78 is 0. The van der Waals surface area contributed by atoms with Gasteiger partial charge in [-0.25, -0.2) is 4.98 Å². The lowest BCUT2D eigenvalue weighted by atomic mass is 9.92. The normalized spacial score (nSPS) is 26.7. The first-order valence-corrected chi connectivity index (χ1v) is 5.82. The van der Waals surface area contributed by atoms with Gasteiger partial charge in [0.2, 0.25) is 0 Å². The van der Waals surface area contributed by atoms with E-state index in [1.807, 2.05) is 6.20 Å². The summed E-state index contributed by atoms with van der Waals surface area (Å²) in [6, 6.07) is 1.10. The van der Waals surface area contributed by atoms with Crippen molar-refractivity contribution in [2.45, 2.75) is 44.2 Å². The molecule has 84 valence electrons. The van der Waals surface area contributed by atoms with E-state index in [0.29, 0.717) is 12.1 Å². The smallest absolute Gasteiger partial charge is 0.107 e. The van der Waals surface area contributed by atoms with Crippen molar-refractivity contribution in [1.29, 1.82) is 0 Å². The molecule has 0 saturated heterocycles. The Bertz CT molecular complexity index is 262. The highest BCUT2D eigenvalue weighted by Gasteiger charge is 2.17. The van der Waals surface area contributed by atoms with Crippen molar-refractivity contribution in [3.05, 3.63) is 18.2 Å². The Labute approximate surface area is 90.7 Å².